The Morgan fingerprint density at radius 1 is 0.769 bits per heavy atom. The molecule has 0 bridgehead atoms. The van der Waals surface area contributed by atoms with Crippen molar-refractivity contribution in [3.8, 4) is 0 Å². The summed E-state index contributed by atoms with van der Waals surface area (Å²) in [5.74, 6) is -4.08. The Morgan fingerprint density at radius 3 is 1.42 bits per heavy atom. The fraction of sp³-hybridized carbons (Fsp3) is 0.833. The molecule has 0 saturated heterocycles. The second-order valence-electron chi connectivity index (χ2n) is 4.81. The van der Waals surface area contributed by atoms with Gasteiger partial charge in [-0.15, -0.1) is 0 Å². The third-order valence-electron chi connectivity index (χ3n) is 2.62. The Morgan fingerprint density at radius 2 is 1.12 bits per heavy atom. The molecule has 7 nitrogen and oxygen atoms in total. The van der Waals surface area contributed by atoms with Gasteiger partial charge in [0.25, 0.3) is 0 Å². The lowest BCUT2D eigenvalue weighted by molar-refractivity contribution is -0.204. The predicted octanol–water partition coefficient (Wildman–Crippen LogP) is 1.52. The van der Waals surface area contributed by atoms with Crippen LogP contribution in [0.4, 0.5) is 26.3 Å². The fourth-order valence-electron chi connectivity index (χ4n) is 1.37. The quantitative estimate of drug-likeness (QED) is 0.286. The van der Waals surface area contributed by atoms with E-state index in [1.807, 2.05) is 0 Å². The second-order valence-corrected chi connectivity index (χ2v) is 5.78. The molecule has 26 heavy (non-hydrogen) atoms. The van der Waals surface area contributed by atoms with Crippen LogP contribution in [0.5, 0.6) is 0 Å². The first-order valence-corrected chi connectivity index (χ1v) is 8.47. The molecule has 0 aromatic rings. The Balaban J connectivity index is 3.49. The van der Waals surface area contributed by atoms with Gasteiger partial charge in [0.2, 0.25) is 0 Å². The van der Waals surface area contributed by atoms with E-state index < -0.39 is 32.8 Å². The maximum Gasteiger partial charge on any atom is 0.471 e. The number of unbranched alkanes of at least 4 members (excludes halogenated alkanes) is 2. The SMILES string of the molecule is O=C(NCCCCOP([O-])OCCCCNC(=O)C(F)(F)F)C(F)(F)F. The highest BCUT2D eigenvalue weighted by Crippen LogP contribution is 2.28. The third-order valence-corrected chi connectivity index (χ3v) is 3.41. The van der Waals surface area contributed by atoms with Crippen molar-refractivity contribution in [2.24, 2.45) is 0 Å². The van der Waals surface area contributed by atoms with Crippen LogP contribution in [0, 0.1) is 0 Å². The molecule has 2 amide bonds. The molecule has 154 valence electrons. The van der Waals surface area contributed by atoms with Crippen LogP contribution in [0.3, 0.4) is 0 Å². The van der Waals surface area contributed by atoms with Gasteiger partial charge in [-0.3, -0.25) is 9.59 Å². The third kappa shape index (κ3) is 13.1. The van der Waals surface area contributed by atoms with Gasteiger partial charge >= 0.3 is 24.2 Å². The predicted molar refractivity (Wildman–Crippen MR) is 75.4 cm³/mol. The van der Waals surface area contributed by atoms with Crippen molar-refractivity contribution >= 4 is 20.4 Å². The molecule has 0 aliphatic carbocycles. The Labute approximate surface area is 146 Å². The van der Waals surface area contributed by atoms with Crippen LogP contribution in [-0.2, 0) is 18.6 Å². The maximum absolute atomic E-state index is 11.9. The molecule has 0 aromatic heterocycles. The first kappa shape index (κ1) is 24.8. The summed E-state index contributed by atoms with van der Waals surface area (Å²) in [6.07, 6.45) is -9.08. The molecule has 0 aromatic carbocycles. The number of carbonyl (C=O) groups excluding carboxylic acids is 2. The van der Waals surface area contributed by atoms with Crippen molar-refractivity contribution < 1.29 is 49.9 Å². The molecule has 0 fully saturated rings. The molecule has 0 atom stereocenters. The highest BCUT2D eigenvalue weighted by Gasteiger charge is 2.38. The van der Waals surface area contributed by atoms with Crippen molar-refractivity contribution in [1.29, 1.82) is 0 Å². The number of alkyl halides is 6. The Bertz CT molecular complexity index is 397. The lowest BCUT2D eigenvalue weighted by atomic mass is 10.3. The lowest BCUT2D eigenvalue weighted by Gasteiger charge is -2.22. The van der Waals surface area contributed by atoms with Gasteiger partial charge in [-0.1, -0.05) is 0 Å². The molecule has 0 rings (SSSR count). The number of rotatable bonds is 12. The lowest BCUT2D eigenvalue weighted by Crippen LogP contribution is -2.37. The van der Waals surface area contributed by atoms with Gasteiger partial charge in [0.15, 0.2) is 0 Å². The first-order chi connectivity index (χ1) is 11.9. The van der Waals surface area contributed by atoms with E-state index in [0.717, 1.165) is 0 Å². The number of nitrogens with one attached hydrogen (secondary N) is 2. The average molecular weight is 415 g/mol. The van der Waals surface area contributed by atoms with Crippen LogP contribution >= 0.6 is 8.60 Å². The first-order valence-electron chi connectivity index (χ1n) is 7.37. The summed E-state index contributed by atoms with van der Waals surface area (Å²) in [5.41, 5.74) is 0. The minimum Gasteiger partial charge on any atom is -0.786 e. The van der Waals surface area contributed by atoms with Gasteiger partial charge < -0.3 is 24.6 Å². The van der Waals surface area contributed by atoms with E-state index in [1.165, 1.54) is 0 Å². The van der Waals surface area contributed by atoms with E-state index in [0.29, 0.717) is 0 Å². The number of carbonyl (C=O) groups is 2. The van der Waals surface area contributed by atoms with Crippen molar-refractivity contribution in [3.63, 3.8) is 0 Å². The molecule has 0 saturated carbocycles. The van der Waals surface area contributed by atoms with E-state index in [9.17, 15) is 40.8 Å². The smallest absolute Gasteiger partial charge is 0.471 e. The number of hydrogen-bond acceptors (Lipinski definition) is 5. The van der Waals surface area contributed by atoms with Crippen LogP contribution in [0.25, 0.3) is 0 Å². The monoisotopic (exact) mass is 415 g/mol. The molecular formula is C12H18F6N2O5P-. The zero-order chi connectivity index (χ0) is 20.2. The van der Waals surface area contributed by atoms with E-state index in [4.69, 9.17) is 9.05 Å². The Hall–Kier alpha value is -1.17. The van der Waals surface area contributed by atoms with Crippen molar-refractivity contribution in [2.45, 2.75) is 38.0 Å². The Kier molecular flexibility index (Phi) is 11.7. The van der Waals surface area contributed by atoms with Gasteiger partial charge in [-0.05, 0) is 25.7 Å². The highest BCUT2D eigenvalue weighted by molar-refractivity contribution is 7.39. The summed E-state index contributed by atoms with van der Waals surface area (Å²) in [6.45, 7) is -0.580. The van der Waals surface area contributed by atoms with Gasteiger partial charge in [0.1, 0.15) is 0 Å². The molecule has 14 heteroatoms. The van der Waals surface area contributed by atoms with Crippen LogP contribution < -0.4 is 15.5 Å². The standard InChI is InChI=1S/C12H18F6N2O5P/c13-11(14,15)9(21)19-5-1-3-7-24-26(23)25-8-4-2-6-20-10(22)12(16,17)18/h1-8H2,(H,19,21)(H,20,22)/q-1. The summed E-state index contributed by atoms with van der Waals surface area (Å²) < 4.78 is 80.6. The highest BCUT2D eigenvalue weighted by atomic mass is 31.2. The van der Waals surface area contributed by atoms with Gasteiger partial charge in [0.05, 0.1) is 21.8 Å². The molecule has 2 N–H and O–H groups in total. The average Bonchev–Trinajstić information content (AvgIpc) is 2.51. The fourth-order valence-corrected chi connectivity index (χ4v) is 2.00. The number of hydrogen-bond donors (Lipinski definition) is 2. The van der Waals surface area contributed by atoms with E-state index in [-0.39, 0.29) is 52.0 Å². The number of amides is 2. The zero-order valence-electron chi connectivity index (χ0n) is 13.4. The summed E-state index contributed by atoms with van der Waals surface area (Å²) in [7, 11) is -2.47. The largest absolute Gasteiger partial charge is 0.786 e. The van der Waals surface area contributed by atoms with Crippen molar-refractivity contribution in [2.75, 3.05) is 26.3 Å². The maximum atomic E-state index is 11.9. The molecule has 0 aliphatic rings. The van der Waals surface area contributed by atoms with E-state index in [1.54, 1.807) is 10.6 Å². The number of halogens is 6. The van der Waals surface area contributed by atoms with Gasteiger partial charge in [0, 0.05) is 13.1 Å². The van der Waals surface area contributed by atoms with Crippen LogP contribution in [0.15, 0.2) is 0 Å². The van der Waals surface area contributed by atoms with Crippen molar-refractivity contribution in [3.05, 3.63) is 0 Å². The minimum absolute atomic E-state index is 0.0707. The molecule has 0 heterocycles. The summed E-state index contributed by atoms with van der Waals surface area (Å²) in [5, 5.41) is 3.32. The van der Waals surface area contributed by atoms with Crippen LogP contribution in [0.2, 0.25) is 0 Å². The van der Waals surface area contributed by atoms with Crippen molar-refractivity contribution in [1.82, 2.24) is 10.6 Å². The van der Waals surface area contributed by atoms with E-state index >= 15 is 0 Å². The van der Waals surface area contributed by atoms with Crippen LogP contribution in [0.1, 0.15) is 25.7 Å². The molecule has 0 spiro atoms. The molecule has 0 aliphatic heterocycles. The van der Waals surface area contributed by atoms with Crippen LogP contribution in [-0.4, -0.2) is 50.5 Å². The van der Waals surface area contributed by atoms with E-state index in [2.05, 4.69) is 0 Å². The topological polar surface area (TPSA) is 99.7 Å². The summed E-state index contributed by atoms with van der Waals surface area (Å²) in [6, 6.07) is 0. The normalized spacial score (nSPS) is 12.3. The minimum atomic E-state index is -4.94. The summed E-state index contributed by atoms with van der Waals surface area (Å²) >= 11 is 0. The molecule has 0 unspecified atom stereocenters. The zero-order valence-corrected chi connectivity index (χ0v) is 14.3. The van der Waals surface area contributed by atoms with Gasteiger partial charge in [-0.25, -0.2) is 0 Å². The second kappa shape index (κ2) is 12.3. The summed E-state index contributed by atoms with van der Waals surface area (Å²) in [4.78, 5) is 32.2. The molecule has 0 radical (unpaired) electrons. The molecular weight excluding hydrogens is 397 g/mol. The van der Waals surface area contributed by atoms with Gasteiger partial charge in [-0.2, -0.15) is 26.3 Å².